The van der Waals surface area contributed by atoms with Gasteiger partial charge in [0.25, 0.3) is 0 Å². The second-order valence-electron chi connectivity index (χ2n) is 3.81. The Balaban J connectivity index is 2.69. The number of alkyl halides is 3. The number of aliphatic hydroxyl groups is 1. The topological polar surface area (TPSA) is 46.2 Å². The molecule has 0 saturated carbocycles. The van der Waals surface area contributed by atoms with Gasteiger partial charge in [-0.1, -0.05) is 29.8 Å². The van der Waals surface area contributed by atoms with Crippen LogP contribution in [0.5, 0.6) is 0 Å². The summed E-state index contributed by atoms with van der Waals surface area (Å²) in [4.78, 5) is 0. The van der Waals surface area contributed by atoms with Gasteiger partial charge in [-0.05, 0) is 12.5 Å². The normalized spacial score (nSPS) is 15.9. The summed E-state index contributed by atoms with van der Waals surface area (Å²) in [6.45, 7) is 1.81. The average molecular weight is 233 g/mol. The molecule has 5 heteroatoms. The predicted octanol–water partition coefficient (Wildman–Crippen LogP) is 2.31. The van der Waals surface area contributed by atoms with E-state index in [4.69, 9.17) is 5.73 Å². The van der Waals surface area contributed by atoms with Gasteiger partial charge in [0.2, 0.25) is 0 Å². The Labute approximate surface area is 91.9 Å². The van der Waals surface area contributed by atoms with Crippen molar-refractivity contribution in [2.75, 3.05) is 0 Å². The van der Waals surface area contributed by atoms with Gasteiger partial charge < -0.3 is 10.8 Å². The minimum Gasteiger partial charge on any atom is -0.388 e. The maximum absolute atomic E-state index is 12.2. The van der Waals surface area contributed by atoms with Crippen molar-refractivity contribution < 1.29 is 18.3 Å². The van der Waals surface area contributed by atoms with Crippen molar-refractivity contribution in [3.63, 3.8) is 0 Å². The van der Waals surface area contributed by atoms with E-state index in [0.717, 1.165) is 5.56 Å². The summed E-state index contributed by atoms with van der Waals surface area (Å²) in [5, 5.41) is 9.60. The Morgan fingerprint density at radius 3 is 2.50 bits per heavy atom. The zero-order chi connectivity index (χ0) is 12.3. The summed E-state index contributed by atoms with van der Waals surface area (Å²) in [6.07, 6.45) is -6.17. The molecule has 0 aliphatic carbocycles. The first-order chi connectivity index (χ1) is 7.30. The first kappa shape index (κ1) is 13.0. The molecule has 0 radical (unpaired) electrons. The summed E-state index contributed by atoms with van der Waals surface area (Å²) < 4.78 is 36.5. The fourth-order valence-electron chi connectivity index (χ4n) is 1.39. The lowest BCUT2D eigenvalue weighted by molar-refractivity contribution is -0.153. The molecule has 0 aliphatic rings. The fraction of sp³-hybridized carbons (Fsp3) is 0.455. The van der Waals surface area contributed by atoms with Crippen LogP contribution in [-0.4, -0.2) is 17.3 Å². The third-order valence-corrected chi connectivity index (χ3v) is 2.32. The van der Waals surface area contributed by atoms with Crippen LogP contribution in [0.3, 0.4) is 0 Å². The molecule has 0 unspecified atom stereocenters. The van der Waals surface area contributed by atoms with Crippen molar-refractivity contribution in [2.24, 2.45) is 5.73 Å². The van der Waals surface area contributed by atoms with Crippen LogP contribution in [0, 0.1) is 6.92 Å². The van der Waals surface area contributed by atoms with Crippen LogP contribution in [0.25, 0.3) is 0 Å². The van der Waals surface area contributed by atoms with Crippen molar-refractivity contribution in [3.05, 3.63) is 35.4 Å². The minimum atomic E-state index is -4.47. The summed E-state index contributed by atoms with van der Waals surface area (Å²) in [6, 6.07) is 4.73. The Morgan fingerprint density at radius 2 is 2.00 bits per heavy atom. The summed E-state index contributed by atoms with van der Waals surface area (Å²) in [7, 11) is 0. The number of aryl methyl sites for hydroxylation is 1. The molecule has 0 aliphatic heterocycles. The van der Waals surface area contributed by atoms with Crippen molar-refractivity contribution >= 4 is 0 Å². The van der Waals surface area contributed by atoms with Crippen LogP contribution in [0.1, 0.15) is 23.7 Å². The second kappa shape index (κ2) is 4.84. The highest BCUT2D eigenvalue weighted by molar-refractivity contribution is 5.24. The van der Waals surface area contributed by atoms with Gasteiger partial charge in [-0.15, -0.1) is 0 Å². The molecule has 0 saturated heterocycles. The average Bonchev–Trinajstić information content (AvgIpc) is 2.16. The minimum absolute atomic E-state index is 0.458. The maximum atomic E-state index is 12.2. The van der Waals surface area contributed by atoms with Crippen LogP contribution in [-0.2, 0) is 0 Å². The number of hydrogen-bond donors (Lipinski definition) is 2. The van der Waals surface area contributed by atoms with Crippen molar-refractivity contribution in [3.8, 4) is 0 Å². The monoisotopic (exact) mass is 233 g/mol. The number of hydrogen-bond acceptors (Lipinski definition) is 2. The quantitative estimate of drug-likeness (QED) is 0.841. The highest BCUT2D eigenvalue weighted by Gasteiger charge is 2.37. The molecule has 0 heterocycles. The van der Waals surface area contributed by atoms with E-state index >= 15 is 0 Å². The van der Waals surface area contributed by atoms with Gasteiger partial charge in [0.05, 0.1) is 6.10 Å². The Kier molecular flexibility index (Phi) is 3.93. The van der Waals surface area contributed by atoms with E-state index < -0.39 is 24.7 Å². The number of halogens is 3. The van der Waals surface area contributed by atoms with Crippen LogP contribution in [0.4, 0.5) is 13.2 Å². The van der Waals surface area contributed by atoms with Gasteiger partial charge in [-0.3, -0.25) is 0 Å². The first-order valence-electron chi connectivity index (χ1n) is 4.87. The molecule has 3 N–H and O–H groups in total. The maximum Gasteiger partial charge on any atom is 0.403 e. The fourth-order valence-corrected chi connectivity index (χ4v) is 1.39. The largest absolute Gasteiger partial charge is 0.403 e. The lowest BCUT2D eigenvalue weighted by atomic mass is 10.0. The molecule has 1 rings (SSSR count). The van der Waals surface area contributed by atoms with Gasteiger partial charge in [0.1, 0.15) is 6.04 Å². The lowest BCUT2D eigenvalue weighted by Crippen LogP contribution is -2.38. The van der Waals surface area contributed by atoms with E-state index in [9.17, 15) is 18.3 Å². The molecule has 1 aromatic carbocycles. The van der Waals surface area contributed by atoms with E-state index in [1.54, 1.807) is 31.2 Å². The Bertz CT molecular complexity index is 351. The lowest BCUT2D eigenvalue weighted by Gasteiger charge is -2.19. The molecule has 2 nitrogen and oxygen atoms in total. The highest BCUT2D eigenvalue weighted by atomic mass is 19.4. The highest BCUT2D eigenvalue weighted by Crippen LogP contribution is 2.26. The molecule has 0 spiro atoms. The zero-order valence-electron chi connectivity index (χ0n) is 8.83. The van der Waals surface area contributed by atoms with Crippen molar-refractivity contribution in [1.29, 1.82) is 0 Å². The SMILES string of the molecule is Cc1cccc([C@H](O)C[C@@H](N)C(F)(F)F)c1. The van der Waals surface area contributed by atoms with Gasteiger partial charge >= 0.3 is 6.18 Å². The second-order valence-corrected chi connectivity index (χ2v) is 3.81. The third-order valence-electron chi connectivity index (χ3n) is 2.32. The molecular weight excluding hydrogens is 219 g/mol. The Morgan fingerprint density at radius 1 is 1.38 bits per heavy atom. The zero-order valence-corrected chi connectivity index (χ0v) is 8.83. The van der Waals surface area contributed by atoms with Gasteiger partial charge in [-0.25, -0.2) is 0 Å². The molecule has 16 heavy (non-hydrogen) atoms. The van der Waals surface area contributed by atoms with Gasteiger partial charge in [0, 0.05) is 6.42 Å². The van der Waals surface area contributed by atoms with Crippen molar-refractivity contribution in [1.82, 2.24) is 0 Å². The van der Waals surface area contributed by atoms with Crippen LogP contribution in [0.2, 0.25) is 0 Å². The molecule has 2 atom stereocenters. The van der Waals surface area contributed by atoms with E-state index in [2.05, 4.69) is 0 Å². The van der Waals surface area contributed by atoms with E-state index in [-0.39, 0.29) is 0 Å². The van der Waals surface area contributed by atoms with Crippen LogP contribution in [0.15, 0.2) is 24.3 Å². The summed E-state index contributed by atoms with van der Waals surface area (Å²) in [5.74, 6) is 0. The van der Waals surface area contributed by atoms with Crippen molar-refractivity contribution in [2.45, 2.75) is 31.7 Å². The molecular formula is C11H14F3NO. The molecule has 90 valence electrons. The first-order valence-corrected chi connectivity index (χ1v) is 4.87. The van der Waals surface area contributed by atoms with Crippen LogP contribution < -0.4 is 5.73 Å². The Hall–Kier alpha value is -1.07. The summed E-state index contributed by atoms with van der Waals surface area (Å²) >= 11 is 0. The smallest absolute Gasteiger partial charge is 0.388 e. The van der Waals surface area contributed by atoms with Gasteiger partial charge in [0.15, 0.2) is 0 Å². The molecule has 1 aromatic rings. The van der Waals surface area contributed by atoms with E-state index in [1.807, 2.05) is 0 Å². The molecule has 0 bridgehead atoms. The van der Waals surface area contributed by atoms with E-state index in [0.29, 0.717) is 5.56 Å². The van der Waals surface area contributed by atoms with E-state index in [1.165, 1.54) is 0 Å². The van der Waals surface area contributed by atoms with Crippen LogP contribution >= 0.6 is 0 Å². The summed E-state index contributed by atoms with van der Waals surface area (Å²) in [5.41, 5.74) is 6.29. The standard InChI is InChI=1S/C11H14F3NO/c1-7-3-2-4-8(5-7)9(16)6-10(15)11(12,13)14/h2-5,9-10,16H,6,15H2,1H3/t9-,10-/m1/s1. The number of benzene rings is 1. The molecule has 0 aromatic heterocycles. The molecule has 0 fully saturated rings. The number of nitrogens with two attached hydrogens (primary N) is 1. The predicted molar refractivity (Wildman–Crippen MR) is 54.8 cm³/mol. The third kappa shape index (κ3) is 3.50. The van der Waals surface area contributed by atoms with Gasteiger partial charge in [-0.2, -0.15) is 13.2 Å². The number of aliphatic hydroxyl groups excluding tert-OH is 1. The number of rotatable bonds is 3. The molecule has 0 amide bonds.